The van der Waals surface area contributed by atoms with Crippen LogP contribution in [0.1, 0.15) is 59.3 Å². The van der Waals surface area contributed by atoms with Gasteiger partial charge in [-0.2, -0.15) is 0 Å². The summed E-state index contributed by atoms with van der Waals surface area (Å²) in [6, 6.07) is 27.5. The molecule has 0 aromatic heterocycles. The summed E-state index contributed by atoms with van der Waals surface area (Å²) in [6.45, 7) is 5.77. The molecule has 0 amide bonds. The van der Waals surface area contributed by atoms with E-state index in [0.29, 0.717) is 37.4 Å². The summed E-state index contributed by atoms with van der Waals surface area (Å²) in [6.07, 6.45) is 0.976. The molecule has 0 radical (unpaired) electrons. The zero-order chi connectivity index (χ0) is 28.3. The van der Waals surface area contributed by atoms with Gasteiger partial charge in [0.25, 0.3) is 0 Å². The van der Waals surface area contributed by atoms with E-state index in [4.69, 9.17) is 23.7 Å². The Balaban J connectivity index is 1.40. The van der Waals surface area contributed by atoms with Gasteiger partial charge in [-0.15, -0.1) is 0 Å². The second kappa shape index (κ2) is 14.2. The van der Waals surface area contributed by atoms with Crippen LogP contribution in [0.5, 0.6) is 0 Å². The van der Waals surface area contributed by atoms with E-state index in [-0.39, 0.29) is 25.2 Å². The number of esters is 2. The smallest absolute Gasteiger partial charge is 0.338 e. The highest BCUT2D eigenvalue weighted by atomic mass is 16.7. The van der Waals surface area contributed by atoms with Crippen LogP contribution in [0.25, 0.3) is 0 Å². The first-order valence-electron chi connectivity index (χ1n) is 13.8. The van der Waals surface area contributed by atoms with Crippen molar-refractivity contribution in [3.63, 3.8) is 0 Å². The van der Waals surface area contributed by atoms with Crippen LogP contribution >= 0.6 is 0 Å². The lowest BCUT2D eigenvalue weighted by Crippen LogP contribution is -2.44. The van der Waals surface area contributed by atoms with Gasteiger partial charge in [-0.05, 0) is 37.1 Å². The third-order valence-electron chi connectivity index (χ3n) is 7.51. The molecule has 7 heteroatoms. The first-order chi connectivity index (χ1) is 19.5. The van der Waals surface area contributed by atoms with E-state index >= 15 is 0 Å². The Kier molecular flexibility index (Phi) is 10.5. The van der Waals surface area contributed by atoms with Crippen molar-refractivity contribution in [3.05, 3.63) is 108 Å². The quantitative estimate of drug-likeness (QED) is 0.234. The van der Waals surface area contributed by atoms with Gasteiger partial charge in [0.15, 0.2) is 6.29 Å². The van der Waals surface area contributed by atoms with Gasteiger partial charge in [-0.1, -0.05) is 80.6 Å². The molecule has 212 valence electrons. The molecule has 0 N–H and O–H groups in total. The van der Waals surface area contributed by atoms with Crippen LogP contribution in [-0.2, 0) is 23.7 Å². The van der Waals surface area contributed by atoms with Crippen molar-refractivity contribution in [3.8, 4) is 0 Å². The van der Waals surface area contributed by atoms with Crippen molar-refractivity contribution in [2.45, 2.75) is 33.0 Å². The Morgan fingerprint density at radius 3 is 1.68 bits per heavy atom. The largest absolute Gasteiger partial charge is 0.461 e. The fraction of sp³-hybridized carbons (Fsp3) is 0.394. The lowest BCUT2D eigenvalue weighted by molar-refractivity contribution is -0.246. The van der Waals surface area contributed by atoms with E-state index in [2.05, 4.69) is 6.92 Å². The molecule has 0 saturated carbocycles. The van der Waals surface area contributed by atoms with Crippen LogP contribution < -0.4 is 0 Å². The number of rotatable bonds is 13. The van der Waals surface area contributed by atoms with Crippen molar-refractivity contribution in [2.24, 2.45) is 10.8 Å². The number of benzene rings is 3. The van der Waals surface area contributed by atoms with Gasteiger partial charge < -0.3 is 23.7 Å². The SMILES string of the molecule is CCC(COCC1(CC)COC(c2ccccc2)OC1)(COC(=O)c1ccccc1)COC(=O)c1ccccc1. The van der Waals surface area contributed by atoms with Crippen LogP contribution in [0.15, 0.2) is 91.0 Å². The second-order valence-electron chi connectivity index (χ2n) is 10.4. The molecule has 0 atom stereocenters. The Morgan fingerprint density at radius 1 is 0.750 bits per heavy atom. The first kappa shape index (κ1) is 29.5. The van der Waals surface area contributed by atoms with Crippen molar-refractivity contribution in [1.29, 1.82) is 0 Å². The van der Waals surface area contributed by atoms with Crippen LogP contribution in [0.4, 0.5) is 0 Å². The standard InChI is InChI=1S/C33H38O7/c1-3-32(22-37-29(34)26-14-8-5-9-15-26,23-38-30(35)27-16-10-6-11-17-27)20-36-21-33(4-2)24-39-31(40-25-33)28-18-12-7-13-19-28/h5-19,31H,3-4,20-25H2,1-2H3. The highest BCUT2D eigenvalue weighted by molar-refractivity contribution is 5.89. The average Bonchev–Trinajstić information content (AvgIpc) is 3.03. The Bertz CT molecular complexity index is 1130. The first-order valence-corrected chi connectivity index (χ1v) is 13.8. The third kappa shape index (κ3) is 7.78. The maximum Gasteiger partial charge on any atom is 0.338 e. The Morgan fingerprint density at radius 2 is 1.23 bits per heavy atom. The minimum Gasteiger partial charge on any atom is -0.461 e. The number of ether oxygens (including phenoxy) is 5. The average molecular weight is 547 g/mol. The van der Waals surface area contributed by atoms with Crippen molar-refractivity contribution in [1.82, 2.24) is 0 Å². The van der Waals surface area contributed by atoms with Crippen LogP contribution in [-0.4, -0.2) is 51.6 Å². The molecule has 0 aliphatic carbocycles. The van der Waals surface area contributed by atoms with E-state index in [1.165, 1.54) is 0 Å². The van der Waals surface area contributed by atoms with E-state index in [0.717, 1.165) is 12.0 Å². The van der Waals surface area contributed by atoms with Crippen molar-refractivity contribution >= 4 is 11.9 Å². The lowest BCUT2D eigenvalue weighted by Gasteiger charge is -2.40. The van der Waals surface area contributed by atoms with Gasteiger partial charge in [0.2, 0.25) is 0 Å². The highest BCUT2D eigenvalue weighted by Crippen LogP contribution is 2.35. The summed E-state index contributed by atoms with van der Waals surface area (Å²) in [5.41, 5.74) is 0.866. The normalized spacial score (nSPS) is 19.1. The summed E-state index contributed by atoms with van der Waals surface area (Å²) >= 11 is 0. The predicted molar refractivity (Wildman–Crippen MR) is 151 cm³/mol. The fourth-order valence-corrected chi connectivity index (χ4v) is 4.45. The number of hydrogen-bond donors (Lipinski definition) is 0. The molecule has 1 aliphatic heterocycles. The predicted octanol–water partition coefficient (Wildman–Crippen LogP) is 6.26. The topological polar surface area (TPSA) is 80.3 Å². The molecular formula is C33H38O7. The van der Waals surface area contributed by atoms with Gasteiger partial charge in [0.05, 0.1) is 43.0 Å². The lowest BCUT2D eigenvalue weighted by atomic mass is 9.86. The molecule has 0 spiro atoms. The highest BCUT2D eigenvalue weighted by Gasteiger charge is 2.39. The number of carbonyl (C=O) groups is 2. The molecule has 40 heavy (non-hydrogen) atoms. The Hall–Kier alpha value is -3.52. The van der Waals surface area contributed by atoms with E-state index < -0.39 is 23.6 Å². The molecular weight excluding hydrogens is 508 g/mol. The fourth-order valence-electron chi connectivity index (χ4n) is 4.45. The van der Waals surface area contributed by atoms with Crippen LogP contribution in [0.3, 0.4) is 0 Å². The Labute approximate surface area is 236 Å². The minimum atomic E-state index is -0.729. The summed E-state index contributed by atoms with van der Waals surface area (Å²) in [7, 11) is 0. The molecule has 4 rings (SSSR count). The summed E-state index contributed by atoms with van der Waals surface area (Å²) < 4.78 is 29.9. The molecule has 7 nitrogen and oxygen atoms in total. The van der Waals surface area contributed by atoms with E-state index in [1.54, 1.807) is 48.5 Å². The van der Waals surface area contributed by atoms with Gasteiger partial charge in [-0.25, -0.2) is 9.59 Å². The van der Waals surface area contributed by atoms with Crippen LogP contribution in [0, 0.1) is 10.8 Å². The third-order valence-corrected chi connectivity index (χ3v) is 7.51. The molecule has 1 heterocycles. The number of carbonyl (C=O) groups excluding carboxylic acids is 2. The molecule has 1 aliphatic rings. The number of hydrogen-bond acceptors (Lipinski definition) is 7. The zero-order valence-electron chi connectivity index (χ0n) is 23.3. The van der Waals surface area contributed by atoms with Gasteiger partial charge in [0, 0.05) is 11.0 Å². The zero-order valence-corrected chi connectivity index (χ0v) is 23.3. The molecule has 1 fully saturated rings. The van der Waals surface area contributed by atoms with Crippen molar-refractivity contribution in [2.75, 3.05) is 39.6 Å². The van der Waals surface area contributed by atoms with Crippen molar-refractivity contribution < 1.29 is 33.3 Å². The maximum absolute atomic E-state index is 12.7. The summed E-state index contributed by atoms with van der Waals surface area (Å²) in [5, 5.41) is 0. The molecule has 3 aromatic rings. The second-order valence-corrected chi connectivity index (χ2v) is 10.4. The van der Waals surface area contributed by atoms with Gasteiger partial charge >= 0.3 is 11.9 Å². The molecule has 0 unspecified atom stereocenters. The van der Waals surface area contributed by atoms with Gasteiger partial charge in [0.1, 0.15) is 13.2 Å². The maximum atomic E-state index is 12.7. The summed E-state index contributed by atoms with van der Waals surface area (Å²) in [5.74, 6) is -0.863. The monoisotopic (exact) mass is 546 g/mol. The molecule has 1 saturated heterocycles. The minimum absolute atomic E-state index is 0.0432. The molecule has 3 aromatic carbocycles. The molecule has 0 bridgehead atoms. The van der Waals surface area contributed by atoms with E-state index in [9.17, 15) is 9.59 Å². The summed E-state index contributed by atoms with van der Waals surface area (Å²) in [4.78, 5) is 25.5. The van der Waals surface area contributed by atoms with E-state index in [1.807, 2.05) is 49.4 Å². The van der Waals surface area contributed by atoms with Crippen LogP contribution in [0.2, 0.25) is 0 Å². The van der Waals surface area contributed by atoms with Gasteiger partial charge in [-0.3, -0.25) is 0 Å².